The number of halogens is 1. The molecule has 2 aromatic heterocycles. The molecule has 0 unspecified atom stereocenters. The fraction of sp³-hybridized carbons (Fsp3) is 0.0833. The average Bonchev–Trinajstić information content (AvgIpc) is 2.76. The molecule has 0 fully saturated rings. The Kier molecular flexibility index (Phi) is 4.43. The lowest BCUT2D eigenvalue weighted by Gasteiger charge is -2.03. The zero-order valence-corrected chi connectivity index (χ0v) is 12.5. The lowest BCUT2D eigenvalue weighted by molar-refractivity contribution is -0.111. The van der Waals surface area contributed by atoms with Crippen molar-refractivity contribution in [1.29, 1.82) is 0 Å². The Balaban J connectivity index is 2.01. The minimum absolute atomic E-state index is 0.176. The van der Waals surface area contributed by atoms with E-state index in [4.69, 9.17) is 0 Å². The molecular weight excluding hydrogens is 361 g/mol. The summed E-state index contributed by atoms with van der Waals surface area (Å²) in [7, 11) is 0. The summed E-state index contributed by atoms with van der Waals surface area (Å²) in [4.78, 5) is 19.9. The summed E-state index contributed by atoms with van der Waals surface area (Å²) < 4.78 is 0.904. The van der Waals surface area contributed by atoms with Gasteiger partial charge in [-0.05, 0) is 41.7 Å². The molecule has 4 nitrogen and oxygen atoms in total. The molecule has 0 aromatic carbocycles. The summed E-state index contributed by atoms with van der Waals surface area (Å²) in [5.74, 6) is -0.176. The molecule has 2 rings (SSSR count). The summed E-state index contributed by atoms with van der Waals surface area (Å²) in [6.45, 7) is 1.93. The Hall–Kier alpha value is -1.28. The number of nitrogens with one attached hydrogen (secondary N) is 1. The lowest BCUT2D eigenvalue weighted by atomic mass is 10.3. The number of amides is 1. The van der Waals surface area contributed by atoms with Crippen LogP contribution in [-0.4, -0.2) is 15.9 Å². The summed E-state index contributed by atoms with van der Waals surface area (Å²) in [6.07, 6.45) is 6.52. The van der Waals surface area contributed by atoms with Crippen LogP contribution < -0.4 is 5.32 Å². The van der Waals surface area contributed by atoms with E-state index in [2.05, 4.69) is 37.9 Å². The van der Waals surface area contributed by atoms with E-state index in [0.717, 1.165) is 20.0 Å². The summed E-state index contributed by atoms with van der Waals surface area (Å²) in [5.41, 5.74) is 1.56. The molecule has 1 amide bonds. The Labute approximate surface area is 122 Å². The SMILES string of the molecule is Cc1nc(C=CC(=O)Nc2ccncc2I)cs1. The van der Waals surface area contributed by atoms with Crippen LogP contribution in [0.2, 0.25) is 0 Å². The smallest absolute Gasteiger partial charge is 0.248 e. The second kappa shape index (κ2) is 6.05. The molecule has 6 heteroatoms. The summed E-state index contributed by atoms with van der Waals surface area (Å²) >= 11 is 3.68. The second-order valence-corrected chi connectivity index (χ2v) is 5.69. The van der Waals surface area contributed by atoms with Crippen LogP contribution in [0.1, 0.15) is 10.7 Å². The van der Waals surface area contributed by atoms with Crippen molar-refractivity contribution in [3.05, 3.63) is 44.2 Å². The number of aromatic nitrogens is 2. The minimum atomic E-state index is -0.176. The molecule has 0 aliphatic heterocycles. The molecule has 0 saturated heterocycles. The van der Waals surface area contributed by atoms with Crippen molar-refractivity contribution in [2.75, 3.05) is 5.32 Å². The van der Waals surface area contributed by atoms with Gasteiger partial charge < -0.3 is 5.32 Å². The van der Waals surface area contributed by atoms with Gasteiger partial charge in [0, 0.05) is 23.8 Å². The molecule has 1 N–H and O–H groups in total. The topological polar surface area (TPSA) is 54.9 Å². The number of pyridine rings is 1. The maximum Gasteiger partial charge on any atom is 0.248 e. The Morgan fingerprint density at radius 3 is 3.06 bits per heavy atom. The Bertz CT molecular complexity index is 595. The van der Waals surface area contributed by atoms with Crippen molar-refractivity contribution >= 4 is 51.6 Å². The predicted molar refractivity (Wildman–Crippen MR) is 81.5 cm³/mol. The van der Waals surface area contributed by atoms with Gasteiger partial charge in [0.15, 0.2) is 0 Å². The van der Waals surface area contributed by atoms with Crippen LogP contribution in [0, 0.1) is 10.5 Å². The zero-order valence-electron chi connectivity index (χ0n) is 9.55. The normalized spacial score (nSPS) is 10.8. The predicted octanol–water partition coefficient (Wildman–Crippen LogP) is 3.10. The van der Waals surface area contributed by atoms with Crippen LogP contribution in [-0.2, 0) is 4.79 Å². The highest BCUT2D eigenvalue weighted by molar-refractivity contribution is 14.1. The molecule has 0 atom stereocenters. The first-order chi connectivity index (χ1) is 8.65. The third kappa shape index (κ3) is 3.61. The van der Waals surface area contributed by atoms with Gasteiger partial charge in [-0.3, -0.25) is 9.78 Å². The van der Waals surface area contributed by atoms with Gasteiger partial charge in [0.2, 0.25) is 5.91 Å². The van der Waals surface area contributed by atoms with Crippen molar-refractivity contribution in [3.8, 4) is 0 Å². The van der Waals surface area contributed by atoms with Gasteiger partial charge in [-0.25, -0.2) is 4.98 Å². The fourth-order valence-electron chi connectivity index (χ4n) is 1.27. The number of aryl methyl sites for hydroxylation is 1. The first kappa shape index (κ1) is 13.2. The molecule has 2 aromatic rings. The maximum atomic E-state index is 11.7. The van der Waals surface area contributed by atoms with Crippen molar-refractivity contribution in [2.24, 2.45) is 0 Å². The quantitative estimate of drug-likeness (QED) is 0.667. The van der Waals surface area contributed by atoms with Gasteiger partial charge in [-0.1, -0.05) is 0 Å². The van der Waals surface area contributed by atoms with Gasteiger partial charge >= 0.3 is 0 Å². The van der Waals surface area contributed by atoms with E-state index in [1.807, 2.05) is 12.3 Å². The van der Waals surface area contributed by atoms with Gasteiger partial charge in [0.05, 0.1) is 20.0 Å². The number of carbonyl (C=O) groups is 1. The van der Waals surface area contributed by atoms with E-state index in [-0.39, 0.29) is 5.91 Å². The first-order valence-corrected chi connectivity index (χ1v) is 7.11. The van der Waals surface area contributed by atoms with Crippen molar-refractivity contribution < 1.29 is 4.79 Å². The van der Waals surface area contributed by atoms with Gasteiger partial charge in [0.25, 0.3) is 0 Å². The monoisotopic (exact) mass is 371 g/mol. The first-order valence-electron chi connectivity index (χ1n) is 5.16. The largest absolute Gasteiger partial charge is 0.321 e. The molecule has 0 radical (unpaired) electrons. The third-order valence-electron chi connectivity index (χ3n) is 2.07. The number of hydrogen-bond acceptors (Lipinski definition) is 4. The summed E-state index contributed by atoms with van der Waals surface area (Å²) in [6, 6.07) is 1.76. The minimum Gasteiger partial charge on any atom is -0.321 e. The average molecular weight is 371 g/mol. The van der Waals surface area contributed by atoms with Crippen LogP contribution in [0.5, 0.6) is 0 Å². The van der Waals surface area contributed by atoms with Crippen molar-refractivity contribution in [1.82, 2.24) is 9.97 Å². The molecule has 0 bridgehead atoms. The van der Waals surface area contributed by atoms with E-state index in [1.165, 1.54) is 6.08 Å². The standard InChI is InChI=1S/C12H10IN3OS/c1-8-15-9(7-18-8)2-3-12(17)16-11-4-5-14-6-10(11)13/h2-7H,1H3,(H,14,16,17). The molecule has 0 saturated carbocycles. The van der Waals surface area contributed by atoms with Crippen LogP contribution in [0.4, 0.5) is 5.69 Å². The van der Waals surface area contributed by atoms with E-state index < -0.39 is 0 Å². The number of hydrogen-bond donors (Lipinski definition) is 1. The Morgan fingerprint density at radius 1 is 1.56 bits per heavy atom. The van der Waals surface area contributed by atoms with Crippen molar-refractivity contribution in [2.45, 2.75) is 6.92 Å². The molecule has 0 aliphatic carbocycles. The van der Waals surface area contributed by atoms with E-state index in [0.29, 0.717) is 0 Å². The number of nitrogens with zero attached hydrogens (tertiary/aromatic N) is 2. The highest BCUT2D eigenvalue weighted by Crippen LogP contribution is 2.15. The zero-order chi connectivity index (χ0) is 13.0. The fourth-order valence-corrected chi connectivity index (χ4v) is 2.32. The summed E-state index contributed by atoms with van der Waals surface area (Å²) in [5, 5.41) is 5.69. The lowest BCUT2D eigenvalue weighted by Crippen LogP contribution is -2.09. The Morgan fingerprint density at radius 2 is 2.39 bits per heavy atom. The maximum absolute atomic E-state index is 11.7. The highest BCUT2D eigenvalue weighted by Gasteiger charge is 2.02. The van der Waals surface area contributed by atoms with Crippen LogP contribution in [0.3, 0.4) is 0 Å². The molecular formula is C12H10IN3OS. The van der Waals surface area contributed by atoms with Crippen LogP contribution in [0.15, 0.2) is 29.9 Å². The van der Waals surface area contributed by atoms with Gasteiger partial charge in [-0.15, -0.1) is 11.3 Å². The molecule has 0 spiro atoms. The highest BCUT2D eigenvalue weighted by atomic mass is 127. The second-order valence-electron chi connectivity index (χ2n) is 3.47. The van der Waals surface area contributed by atoms with Crippen molar-refractivity contribution in [3.63, 3.8) is 0 Å². The van der Waals surface area contributed by atoms with E-state index in [1.54, 1.807) is 35.9 Å². The van der Waals surface area contributed by atoms with E-state index in [9.17, 15) is 4.79 Å². The van der Waals surface area contributed by atoms with Crippen LogP contribution in [0.25, 0.3) is 6.08 Å². The number of carbonyl (C=O) groups excluding carboxylic acids is 1. The van der Waals surface area contributed by atoms with Gasteiger partial charge in [-0.2, -0.15) is 0 Å². The molecule has 0 aliphatic rings. The molecule has 92 valence electrons. The number of rotatable bonds is 3. The number of thiazole rings is 1. The number of anilines is 1. The van der Waals surface area contributed by atoms with E-state index >= 15 is 0 Å². The van der Waals surface area contributed by atoms with Crippen LogP contribution >= 0.6 is 33.9 Å². The molecule has 18 heavy (non-hydrogen) atoms. The molecule has 2 heterocycles. The van der Waals surface area contributed by atoms with Gasteiger partial charge in [0.1, 0.15) is 0 Å². The third-order valence-corrected chi connectivity index (χ3v) is 3.72.